The minimum Gasteiger partial charge on any atom is -0.481 e. The molecule has 1 rings (SSSR count). The molecule has 1 unspecified atom stereocenters. The Morgan fingerprint density at radius 2 is 2.12 bits per heavy atom. The lowest BCUT2D eigenvalue weighted by Gasteiger charge is -2.28. The van der Waals surface area contributed by atoms with E-state index in [0.29, 0.717) is 6.54 Å². The van der Waals surface area contributed by atoms with E-state index >= 15 is 0 Å². The summed E-state index contributed by atoms with van der Waals surface area (Å²) in [4.78, 5) is 23.1. The van der Waals surface area contributed by atoms with Gasteiger partial charge in [-0.05, 0) is 33.2 Å². The molecule has 1 amide bonds. The molecule has 1 heterocycles. The topological polar surface area (TPSA) is 78.4 Å². The lowest BCUT2D eigenvalue weighted by Crippen LogP contribution is -2.47. The Kier molecular flexibility index (Phi) is 4.14. The van der Waals surface area contributed by atoms with Crippen molar-refractivity contribution >= 4 is 11.9 Å². The molecule has 1 aliphatic heterocycles. The predicted molar refractivity (Wildman–Crippen MR) is 64.6 cm³/mol. The second-order valence-corrected chi connectivity index (χ2v) is 5.43. The second kappa shape index (κ2) is 5.04. The van der Waals surface area contributed by atoms with Crippen molar-refractivity contribution in [2.24, 2.45) is 10.8 Å². The molecular formula is C12H22N2O3. The number of carboxylic acid groups (broad SMARTS) is 1. The highest BCUT2D eigenvalue weighted by molar-refractivity contribution is 5.84. The van der Waals surface area contributed by atoms with Gasteiger partial charge in [0.25, 0.3) is 0 Å². The Bertz CT molecular complexity index is 307. The molecule has 0 spiro atoms. The standard InChI is InChI=1S/C12H22N2O3/c1-4-12(5-6-13-8-12)9(15)14-7-11(2,3)10(16)17/h13H,4-8H2,1-3H3,(H,14,15)(H,16,17). The first-order valence-corrected chi connectivity index (χ1v) is 6.06. The summed E-state index contributed by atoms with van der Waals surface area (Å²) in [6.45, 7) is 6.92. The maximum Gasteiger partial charge on any atom is 0.310 e. The van der Waals surface area contributed by atoms with Crippen LogP contribution in [0.25, 0.3) is 0 Å². The molecule has 1 atom stereocenters. The van der Waals surface area contributed by atoms with Gasteiger partial charge in [0.1, 0.15) is 0 Å². The second-order valence-electron chi connectivity index (χ2n) is 5.43. The number of nitrogens with one attached hydrogen (secondary N) is 2. The van der Waals surface area contributed by atoms with Crippen LogP contribution in [0.5, 0.6) is 0 Å². The first-order chi connectivity index (χ1) is 7.84. The quantitative estimate of drug-likeness (QED) is 0.660. The molecule has 0 radical (unpaired) electrons. The van der Waals surface area contributed by atoms with Gasteiger partial charge in [-0.25, -0.2) is 0 Å². The third kappa shape index (κ3) is 2.97. The molecule has 0 saturated carbocycles. The van der Waals surface area contributed by atoms with Crippen molar-refractivity contribution in [2.75, 3.05) is 19.6 Å². The average Bonchev–Trinajstić information content (AvgIpc) is 2.75. The zero-order valence-electron chi connectivity index (χ0n) is 10.8. The van der Waals surface area contributed by atoms with Crippen LogP contribution in [-0.4, -0.2) is 36.6 Å². The summed E-state index contributed by atoms with van der Waals surface area (Å²) >= 11 is 0. The van der Waals surface area contributed by atoms with Crippen molar-refractivity contribution in [2.45, 2.75) is 33.6 Å². The van der Waals surface area contributed by atoms with Crippen LogP contribution in [0.3, 0.4) is 0 Å². The summed E-state index contributed by atoms with van der Waals surface area (Å²) < 4.78 is 0. The van der Waals surface area contributed by atoms with Crippen LogP contribution in [-0.2, 0) is 9.59 Å². The van der Waals surface area contributed by atoms with E-state index < -0.39 is 11.4 Å². The van der Waals surface area contributed by atoms with Gasteiger partial charge >= 0.3 is 5.97 Å². The SMILES string of the molecule is CCC1(C(=O)NCC(C)(C)C(=O)O)CCNC1. The molecule has 0 aromatic rings. The van der Waals surface area contributed by atoms with E-state index in [0.717, 1.165) is 19.4 Å². The largest absolute Gasteiger partial charge is 0.481 e. The highest BCUT2D eigenvalue weighted by Crippen LogP contribution is 2.29. The van der Waals surface area contributed by atoms with Crippen molar-refractivity contribution in [3.8, 4) is 0 Å². The third-order valence-electron chi connectivity index (χ3n) is 3.67. The Morgan fingerprint density at radius 3 is 2.53 bits per heavy atom. The molecule has 5 heteroatoms. The molecule has 0 aromatic heterocycles. The molecule has 1 saturated heterocycles. The Balaban J connectivity index is 2.57. The molecule has 98 valence electrons. The highest BCUT2D eigenvalue weighted by atomic mass is 16.4. The van der Waals surface area contributed by atoms with Crippen molar-refractivity contribution in [3.63, 3.8) is 0 Å². The van der Waals surface area contributed by atoms with Crippen molar-refractivity contribution < 1.29 is 14.7 Å². The van der Waals surface area contributed by atoms with Crippen LogP contribution >= 0.6 is 0 Å². The minimum absolute atomic E-state index is 0.0284. The maximum absolute atomic E-state index is 12.1. The summed E-state index contributed by atoms with van der Waals surface area (Å²) in [7, 11) is 0. The van der Waals surface area contributed by atoms with Gasteiger partial charge in [-0.15, -0.1) is 0 Å². The number of rotatable bonds is 5. The molecule has 0 aliphatic carbocycles. The predicted octanol–water partition coefficient (Wildman–Crippen LogP) is 0.603. The van der Waals surface area contributed by atoms with Gasteiger partial charge in [-0.2, -0.15) is 0 Å². The molecule has 1 aliphatic rings. The maximum atomic E-state index is 12.1. The van der Waals surface area contributed by atoms with E-state index in [1.807, 2.05) is 6.92 Å². The number of amides is 1. The number of carbonyl (C=O) groups excluding carboxylic acids is 1. The normalized spacial score (nSPS) is 24.6. The molecule has 0 aromatic carbocycles. The molecule has 0 bridgehead atoms. The number of carboxylic acids is 1. The van der Waals surface area contributed by atoms with Crippen LogP contribution in [0, 0.1) is 10.8 Å². The van der Waals surface area contributed by atoms with Crippen LogP contribution in [0.4, 0.5) is 0 Å². The summed E-state index contributed by atoms with van der Waals surface area (Å²) in [5.41, 5.74) is -1.27. The molecule has 1 fully saturated rings. The lowest BCUT2D eigenvalue weighted by molar-refractivity contribution is -0.147. The van der Waals surface area contributed by atoms with Gasteiger partial charge in [0.2, 0.25) is 5.91 Å². The van der Waals surface area contributed by atoms with Gasteiger partial charge in [0.05, 0.1) is 10.8 Å². The first-order valence-electron chi connectivity index (χ1n) is 6.06. The van der Waals surface area contributed by atoms with Crippen molar-refractivity contribution in [1.29, 1.82) is 0 Å². The number of carbonyl (C=O) groups is 2. The summed E-state index contributed by atoms with van der Waals surface area (Å²) in [5, 5.41) is 14.9. The van der Waals surface area contributed by atoms with Crippen LogP contribution in [0.1, 0.15) is 33.6 Å². The zero-order chi connectivity index (χ0) is 13.1. The van der Waals surface area contributed by atoms with Crippen LogP contribution in [0.2, 0.25) is 0 Å². The zero-order valence-corrected chi connectivity index (χ0v) is 10.8. The molecule has 3 N–H and O–H groups in total. The summed E-state index contributed by atoms with van der Waals surface area (Å²) in [6.07, 6.45) is 1.60. The monoisotopic (exact) mass is 242 g/mol. The molecule has 17 heavy (non-hydrogen) atoms. The fraction of sp³-hybridized carbons (Fsp3) is 0.833. The highest BCUT2D eigenvalue weighted by Gasteiger charge is 2.40. The van der Waals surface area contributed by atoms with E-state index in [1.54, 1.807) is 13.8 Å². The Morgan fingerprint density at radius 1 is 1.47 bits per heavy atom. The molecular weight excluding hydrogens is 220 g/mol. The fourth-order valence-electron chi connectivity index (χ4n) is 1.96. The van der Waals surface area contributed by atoms with Gasteiger partial charge in [0, 0.05) is 13.1 Å². The van der Waals surface area contributed by atoms with E-state index in [4.69, 9.17) is 5.11 Å². The van der Waals surface area contributed by atoms with Gasteiger partial charge < -0.3 is 15.7 Å². The van der Waals surface area contributed by atoms with E-state index in [-0.39, 0.29) is 17.9 Å². The van der Waals surface area contributed by atoms with Crippen LogP contribution < -0.4 is 10.6 Å². The first kappa shape index (κ1) is 14.0. The van der Waals surface area contributed by atoms with Crippen LogP contribution in [0.15, 0.2) is 0 Å². The summed E-state index contributed by atoms with van der Waals surface area (Å²) in [5.74, 6) is -0.924. The van der Waals surface area contributed by atoms with E-state index in [1.165, 1.54) is 0 Å². The van der Waals surface area contributed by atoms with Gasteiger partial charge in [-0.3, -0.25) is 9.59 Å². The number of hydrogen-bond donors (Lipinski definition) is 3. The smallest absolute Gasteiger partial charge is 0.310 e. The summed E-state index contributed by atoms with van der Waals surface area (Å²) in [6, 6.07) is 0. The average molecular weight is 242 g/mol. The van der Waals surface area contributed by atoms with Crippen molar-refractivity contribution in [1.82, 2.24) is 10.6 Å². The molecule has 5 nitrogen and oxygen atoms in total. The van der Waals surface area contributed by atoms with E-state index in [2.05, 4.69) is 10.6 Å². The Hall–Kier alpha value is -1.10. The fourth-order valence-corrected chi connectivity index (χ4v) is 1.96. The number of hydrogen-bond acceptors (Lipinski definition) is 3. The van der Waals surface area contributed by atoms with Gasteiger partial charge in [0.15, 0.2) is 0 Å². The Labute approximate surface area is 102 Å². The minimum atomic E-state index is -0.920. The van der Waals surface area contributed by atoms with E-state index in [9.17, 15) is 9.59 Å². The van der Waals surface area contributed by atoms with Gasteiger partial charge in [-0.1, -0.05) is 6.92 Å². The lowest BCUT2D eigenvalue weighted by atomic mass is 9.82. The third-order valence-corrected chi connectivity index (χ3v) is 3.67. The van der Waals surface area contributed by atoms with Crippen molar-refractivity contribution in [3.05, 3.63) is 0 Å². The number of aliphatic carboxylic acids is 1.